The van der Waals surface area contributed by atoms with Gasteiger partial charge in [-0.3, -0.25) is 0 Å². The molecule has 2 aromatic heterocycles. The topological polar surface area (TPSA) is 51.8 Å². The molecule has 0 saturated carbocycles. The third kappa shape index (κ3) is 5.33. The van der Waals surface area contributed by atoms with Crippen LogP contribution in [0.5, 0.6) is 0 Å². The molecule has 2 heterocycles. The minimum Gasteiger partial charge on any atom is -0.460 e. The van der Waals surface area contributed by atoms with E-state index >= 15 is 0 Å². The number of hydrogen-bond acceptors (Lipinski definition) is 4. The first-order chi connectivity index (χ1) is 27.2. The largest absolute Gasteiger partial charge is 0.460 e. The van der Waals surface area contributed by atoms with E-state index in [1.54, 1.807) is 0 Å². The Labute approximate surface area is 318 Å². The highest BCUT2D eigenvalue weighted by Gasteiger charge is 2.23. The summed E-state index contributed by atoms with van der Waals surface area (Å²) in [6.07, 6.45) is 6.24. The van der Waals surface area contributed by atoms with Crippen molar-refractivity contribution in [2.24, 2.45) is 0 Å². The maximum absolute atomic E-state index is 6.69. The Morgan fingerprint density at radius 1 is 0.400 bits per heavy atom. The average molecular weight is 704 g/mol. The Bertz CT molecular complexity index is 3090. The molecule has 1 aliphatic carbocycles. The Morgan fingerprint density at radius 2 is 0.909 bits per heavy atom. The van der Waals surface area contributed by atoms with Crippen molar-refractivity contribution < 1.29 is 4.42 Å². The van der Waals surface area contributed by atoms with E-state index in [-0.39, 0.29) is 0 Å². The van der Waals surface area contributed by atoms with Gasteiger partial charge in [0.25, 0.3) is 0 Å². The van der Waals surface area contributed by atoms with Gasteiger partial charge in [-0.15, -0.1) is 0 Å². The summed E-state index contributed by atoms with van der Waals surface area (Å²) in [5, 5.41) is 8.52. The van der Waals surface area contributed by atoms with Crippen molar-refractivity contribution in [2.75, 3.05) is 0 Å². The molecule has 0 unspecified atom stereocenters. The molecule has 0 spiro atoms. The first kappa shape index (κ1) is 31.4. The Balaban J connectivity index is 1.14. The van der Waals surface area contributed by atoms with Crippen LogP contribution < -0.4 is 0 Å². The van der Waals surface area contributed by atoms with E-state index in [9.17, 15) is 0 Å². The average Bonchev–Trinajstić information content (AvgIpc) is 3.65. The summed E-state index contributed by atoms with van der Waals surface area (Å²) < 4.78 is 6.69. The molecule has 258 valence electrons. The van der Waals surface area contributed by atoms with Crippen LogP contribution in [0.4, 0.5) is 0 Å². The summed E-state index contributed by atoms with van der Waals surface area (Å²) in [5.74, 6) is 2.87. The molecule has 4 heteroatoms. The molecular formula is C51H33N3O. The highest BCUT2D eigenvalue weighted by molar-refractivity contribution is 6.25. The summed E-state index contributed by atoms with van der Waals surface area (Å²) in [6.45, 7) is 0. The molecular weight excluding hydrogens is 671 g/mol. The van der Waals surface area contributed by atoms with Gasteiger partial charge in [0.2, 0.25) is 0 Å². The number of rotatable bonds is 5. The van der Waals surface area contributed by atoms with Gasteiger partial charge in [-0.25, -0.2) is 15.0 Å². The summed E-state index contributed by atoms with van der Waals surface area (Å²) >= 11 is 0. The van der Waals surface area contributed by atoms with Crippen LogP contribution >= 0.6 is 0 Å². The quantitative estimate of drug-likeness (QED) is 0.167. The molecule has 55 heavy (non-hydrogen) atoms. The number of aryl methyl sites for hydroxylation is 1. The molecule has 0 N–H and O–H groups in total. The van der Waals surface area contributed by atoms with Gasteiger partial charge in [-0.05, 0) is 79.2 Å². The molecule has 4 nitrogen and oxygen atoms in total. The van der Waals surface area contributed by atoms with Gasteiger partial charge in [0.05, 0.1) is 0 Å². The van der Waals surface area contributed by atoms with E-state index in [2.05, 4.69) is 152 Å². The molecule has 1 aliphatic rings. The van der Waals surface area contributed by atoms with Crippen molar-refractivity contribution in [3.05, 3.63) is 181 Å². The summed E-state index contributed by atoms with van der Waals surface area (Å²) in [7, 11) is 0. The molecule has 8 aromatic carbocycles. The normalized spacial score (nSPS) is 12.5. The Kier molecular flexibility index (Phi) is 7.27. The molecule has 0 aliphatic heterocycles. The van der Waals surface area contributed by atoms with Gasteiger partial charge in [-0.1, -0.05) is 158 Å². The van der Waals surface area contributed by atoms with Gasteiger partial charge in [0, 0.05) is 34.1 Å². The second-order valence-electron chi connectivity index (χ2n) is 14.2. The lowest BCUT2D eigenvalue weighted by atomic mass is 9.91. The Hall–Kier alpha value is -7.17. The number of aromatic nitrogens is 3. The summed E-state index contributed by atoms with van der Waals surface area (Å²) in [6, 6.07) is 57.8. The van der Waals surface area contributed by atoms with Gasteiger partial charge in [0.1, 0.15) is 11.3 Å². The predicted molar refractivity (Wildman–Crippen MR) is 227 cm³/mol. The van der Waals surface area contributed by atoms with Crippen molar-refractivity contribution in [2.45, 2.75) is 12.8 Å². The van der Waals surface area contributed by atoms with Crippen LogP contribution in [0.2, 0.25) is 0 Å². The molecule has 0 bridgehead atoms. The lowest BCUT2D eigenvalue weighted by Crippen LogP contribution is -2.01. The number of nitrogens with zero attached hydrogens (tertiary/aromatic N) is 3. The van der Waals surface area contributed by atoms with Gasteiger partial charge >= 0.3 is 0 Å². The molecule has 0 fully saturated rings. The van der Waals surface area contributed by atoms with Gasteiger partial charge in [0.15, 0.2) is 17.5 Å². The first-order valence-electron chi connectivity index (χ1n) is 18.8. The predicted octanol–water partition coefficient (Wildman–Crippen LogP) is 13.4. The molecule has 11 rings (SSSR count). The zero-order chi connectivity index (χ0) is 36.3. The van der Waals surface area contributed by atoms with Crippen LogP contribution in [0, 0.1) is 0 Å². The first-order valence-corrected chi connectivity index (χ1v) is 18.8. The summed E-state index contributed by atoms with van der Waals surface area (Å²) in [5.41, 5.74) is 9.19. The van der Waals surface area contributed by atoms with Crippen molar-refractivity contribution in [1.82, 2.24) is 15.0 Å². The maximum Gasteiger partial charge on any atom is 0.164 e. The number of hydrogen-bond donors (Lipinski definition) is 0. The van der Waals surface area contributed by atoms with Crippen LogP contribution in [0.1, 0.15) is 17.7 Å². The van der Waals surface area contributed by atoms with Crippen LogP contribution in [-0.2, 0) is 6.42 Å². The van der Waals surface area contributed by atoms with Crippen LogP contribution in [0.3, 0.4) is 0 Å². The van der Waals surface area contributed by atoms with E-state index in [1.807, 2.05) is 24.3 Å². The van der Waals surface area contributed by atoms with Crippen molar-refractivity contribution in [3.8, 4) is 56.4 Å². The highest BCUT2D eigenvalue weighted by Crippen LogP contribution is 2.43. The zero-order valence-corrected chi connectivity index (χ0v) is 29.9. The standard InChI is InChI=1S/C51H33N3O/c1-3-13-32(14-4-1)33-23-25-35(26-24-33)50-52-49(34-15-5-2-6-16-34)53-51(54-50)45-30-37(31-47-48(45)43-21-11-12-22-46(43)55-47)36-27-28-42-40-19-8-7-17-38(40)39-18-9-10-20-41(39)44(42)29-36/h1-11,13-21,23-31H,12,22H2. The third-order valence-electron chi connectivity index (χ3n) is 11.0. The molecule has 10 aromatic rings. The van der Waals surface area contributed by atoms with E-state index < -0.39 is 0 Å². The van der Waals surface area contributed by atoms with Crippen molar-refractivity contribution in [1.29, 1.82) is 0 Å². The fraction of sp³-hybridized carbons (Fsp3) is 0.0392. The van der Waals surface area contributed by atoms with E-state index in [1.165, 1.54) is 37.9 Å². The minimum atomic E-state index is 0.614. The highest BCUT2D eigenvalue weighted by atomic mass is 16.3. The molecule has 0 atom stereocenters. The molecule has 0 radical (unpaired) electrons. The third-order valence-corrected chi connectivity index (χ3v) is 11.0. The van der Waals surface area contributed by atoms with Crippen LogP contribution in [0.25, 0.3) is 106 Å². The number of fused-ring (bicyclic) bond motifs is 9. The fourth-order valence-electron chi connectivity index (χ4n) is 8.29. The second-order valence-corrected chi connectivity index (χ2v) is 14.2. The number of benzene rings is 8. The monoisotopic (exact) mass is 703 g/mol. The van der Waals surface area contributed by atoms with Gasteiger partial charge < -0.3 is 4.42 Å². The zero-order valence-electron chi connectivity index (χ0n) is 29.9. The van der Waals surface area contributed by atoms with Crippen molar-refractivity contribution >= 4 is 49.4 Å². The van der Waals surface area contributed by atoms with Crippen LogP contribution in [-0.4, -0.2) is 15.0 Å². The fourth-order valence-corrected chi connectivity index (χ4v) is 8.29. The summed E-state index contributed by atoms with van der Waals surface area (Å²) in [4.78, 5) is 15.5. The number of allylic oxidation sites excluding steroid dienone is 1. The number of furan rings is 1. The smallest absolute Gasteiger partial charge is 0.164 e. The minimum absolute atomic E-state index is 0.614. The molecule has 0 amide bonds. The van der Waals surface area contributed by atoms with Gasteiger partial charge in [-0.2, -0.15) is 0 Å². The lowest BCUT2D eigenvalue weighted by molar-refractivity contribution is 0.546. The lowest BCUT2D eigenvalue weighted by Gasteiger charge is -2.14. The SMILES string of the molecule is C1=Cc2c(oc3cc(-c4ccc5c6ccccc6c6ccccc6c5c4)cc(-c4nc(-c5ccccc5)nc(-c5ccc(-c6ccccc6)cc5)n4)c23)CC1. The maximum atomic E-state index is 6.69. The molecule has 0 saturated heterocycles. The van der Waals surface area contributed by atoms with E-state index in [4.69, 9.17) is 19.4 Å². The second kappa shape index (κ2) is 12.8. The van der Waals surface area contributed by atoms with E-state index in [0.717, 1.165) is 68.5 Å². The van der Waals surface area contributed by atoms with Crippen molar-refractivity contribution in [3.63, 3.8) is 0 Å². The van der Waals surface area contributed by atoms with E-state index in [0.29, 0.717) is 17.5 Å². The Morgan fingerprint density at radius 3 is 1.58 bits per heavy atom. The van der Waals surface area contributed by atoms with Crippen LogP contribution in [0.15, 0.2) is 174 Å².